The summed E-state index contributed by atoms with van der Waals surface area (Å²) in [6.07, 6.45) is 1.47. The lowest BCUT2D eigenvalue weighted by Crippen LogP contribution is -2.13. The van der Waals surface area contributed by atoms with Crippen LogP contribution in [0.15, 0.2) is 42.6 Å². The average molecular weight is 340 g/mol. The summed E-state index contributed by atoms with van der Waals surface area (Å²) in [5.41, 5.74) is 2.61. The van der Waals surface area contributed by atoms with Crippen LogP contribution in [-0.4, -0.2) is 27.8 Å². The van der Waals surface area contributed by atoms with Gasteiger partial charge in [0.25, 0.3) is 5.91 Å². The van der Waals surface area contributed by atoms with Gasteiger partial charge in [0.15, 0.2) is 5.82 Å². The van der Waals surface area contributed by atoms with E-state index in [4.69, 9.17) is 4.74 Å². The Bertz CT molecular complexity index is 919. The van der Waals surface area contributed by atoms with E-state index in [0.717, 1.165) is 11.4 Å². The molecule has 1 aromatic carbocycles. The van der Waals surface area contributed by atoms with Gasteiger partial charge in [0.1, 0.15) is 11.6 Å². The van der Waals surface area contributed by atoms with E-state index in [1.165, 1.54) is 31.5 Å². The zero-order valence-corrected chi connectivity index (χ0v) is 14.1. The van der Waals surface area contributed by atoms with Gasteiger partial charge in [0.2, 0.25) is 0 Å². The van der Waals surface area contributed by atoms with Crippen LogP contribution in [0.5, 0.6) is 5.75 Å². The van der Waals surface area contributed by atoms with Crippen molar-refractivity contribution in [3.63, 3.8) is 0 Å². The summed E-state index contributed by atoms with van der Waals surface area (Å²) < 4.78 is 20.0. The topological polar surface area (TPSA) is 69.0 Å². The van der Waals surface area contributed by atoms with Gasteiger partial charge in [-0.3, -0.25) is 4.79 Å². The predicted octanol–water partition coefficient (Wildman–Crippen LogP) is 3.28. The molecule has 0 unspecified atom stereocenters. The van der Waals surface area contributed by atoms with Crippen molar-refractivity contribution in [2.75, 3.05) is 12.4 Å². The minimum atomic E-state index is -0.439. The Morgan fingerprint density at radius 1 is 1.20 bits per heavy atom. The molecule has 2 aromatic heterocycles. The van der Waals surface area contributed by atoms with Gasteiger partial charge in [-0.05, 0) is 44.2 Å². The van der Waals surface area contributed by atoms with Crippen LogP contribution in [0.4, 0.5) is 10.1 Å². The van der Waals surface area contributed by atoms with E-state index in [1.807, 2.05) is 19.9 Å². The van der Waals surface area contributed by atoms with E-state index in [1.54, 1.807) is 16.8 Å². The van der Waals surface area contributed by atoms with Crippen LogP contribution in [0, 0.1) is 19.7 Å². The second kappa shape index (κ2) is 6.72. The number of hydrogen-bond acceptors (Lipinski definition) is 4. The Labute approximate surface area is 144 Å². The maximum Gasteiger partial charge on any atom is 0.257 e. The molecule has 0 fully saturated rings. The third-order valence-electron chi connectivity index (χ3n) is 3.65. The molecule has 0 spiro atoms. The summed E-state index contributed by atoms with van der Waals surface area (Å²) >= 11 is 0. The van der Waals surface area contributed by atoms with E-state index in [0.29, 0.717) is 17.1 Å². The number of benzene rings is 1. The van der Waals surface area contributed by atoms with Gasteiger partial charge in [0, 0.05) is 18.0 Å². The molecule has 1 N–H and O–H groups in total. The van der Waals surface area contributed by atoms with Gasteiger partial charge in [0.05, 0.1) is 24.1 Å². The molecular formula is C18H17FN4O2. The van der Waals surface area contributed by atoms with Crippen molar-refractivity contribution >= 4 is 11.6 Å². The molecule has 0 bridgehead atoms. The van der Waals surface area contributed by atoms with E-state index in [-0.39, 0.29) is 11.7 Å². The quantitative estimate of drug-likeness (QED) is 0.791. The van der Waals surface area contributed by atoms with E-state index < -0.39 is 5.82 Å². The lowest BCUT2D eigenvalue weighted by molar-refractivity contribution is 0.102. The SMILES string of the molecule is COc1cc(F)ccc1NC(=O)c1ccc(-n2nc(C)cc2C)nc1. The highest BCUT2D eigenvalue weighted by Crippen LogP contribution is 2.25. The van der Waals surface area contributed by atoms with Gasteiger partial charge in [-0.2, -0.15) is 5.10 Å². The standard InChI is InChI=1S/C18H17FN4O2/c1-11-8-12(2)23(22-11)17-7-4-13(10-20-17)18(24)21-15-6-5-14(19)9-16(15)25-3/h4-10H,1-3H3,(H,21,24). The number of nitrogens with zero attached hydrogens (tertiary/aromatic N) is 3. The number of hydrogen-bond donors (Lipinski definition) is 1. The van der Waals surface area contributed by atoms with E-state index in [2.05, 4.69) is 15.4 Å². The number of halogens is 1. The molecule has 25 heavy (non-hydrogen) atoms. The first-order valence-electron chi connectivity index (χ1n) is 7.62. The Kier molecular flexibility index (Phi) is 4.47. The lowest BCUT2D eigenvalue weighted by atomic mass is 10.2. The van der Waals surface area contributed by atoms with Crippen LogP contribution in [0.25, 0.3) is 5.82 Å². The Hall–Kier alpha value is -3.22. The van der Waals surface area contributed by atoms with Gasteiger partial charge in [-0.25, -0.2) is 14.1 Å². The smallest absolute Gasteiger partial charge is 0.257 e. The zero-order chi connectivity index (χ0) is 18.0. The molecule has 0 saturated carbocycles. The molecule has 3 aromatic rings. The number of carbonyl (C=O) groups excluding carboxylic acids is 1. The van der Waals surface area contributed by atoms with Crippen molar-refractivity contribution in [3.05, 3.63) is 65.4 Å². The fraction of sp³-hybridized carbons (Fsp3) is 0.167. The van der Waals surface area contributed by atoms with Gasteiger partial charge < -0.3 is 10.1 Å². The third-order valence-corrected chi connectivity index (χ3v) is 3.65. The molecule has 7 heteroatoms. The van der Waals surface area contributed by atoms with Crippen molar-refractivity contribution in [3.8, 4) is 11.6 Å². The highest BCUT2D eigenvalue weighted by atomic mass is 19.1. The Balaban J connectivity index is 1.81. The number of ether oxygens (including phenoxy) is 1. The van der Waals surface area contributed by atoms with Gasteiger partial charge in [-0.15, -0.1) is 0 Å². The Morgan fingerprint density at radius 2 is 2.00 bits per heavy atom. The van der Waals surface area contributed by atoms with Crippen molar-refractivity contribution < 1.29 is 13.9 Å². The first kappa shape index (κ1) is 16.6. The fourth-order valence-corrected chi connectivity index (χ4v) is 2.47. The minimum Gasteiger partial charge on any atom is -0.494 e. The maximum atomic E-state index is 13.2. The number of carbonyl (C=O) groups is 1. The monoisotopic (exact) mass is 340 g/mol. The van der Waals surface area contributed by atoms with Crippen molar-refractivity contribution in [2.45, 2.75) is 13.8 Å². The zero-order valence-electron chi connectivity index (χ0n) is 14.1. The first-order chi connectivity index (χ1) is 12.0. The molecule has 1 amide bonds. The minimum absolute atomic E-state index is 0.251. The molecule has 0 radical (unpaired) electrons. The summed E-state index contributed by atoms with van der Waals surface area (Å²) in [7, 11) is 1.41. The van der Waals surface area contributed by atoms with Crippen LogP contribution in [-0.2, 0) is 0 Å². The van der Waals surface area contributed by atoms with Crippen molar-refractivity contribution in [1.82, 2.24) is 14.8 Å². The fourth-order valence-electron chi connectivity index (χ4n) is 2.47. The van der Waals surface area contributed by atoms with Crippen molar-refractivity contribution in [1.29, 1.82) is 0 Å². The number of methoxy groups -OCH3 is 1. The molecule has 0 atom stereocenters. The number of pyridine rings is 1. The van der Waals surface area contributed by atoms with Crippen molar-refractivity contribution in [2.24, 2.45) is 0 Å². The van der Waals surface area contributed by atoms with E-state index >= 15 is 0 Å². The largest absolute Gasteiger partial charge is 0.494 e. The highest BCUT2D eigenvalue weighted by molar-refractivity contribution is 6.04. The summed E-state index contributed by atoms with van der Waals surface area (Å²) in [6, 6.07) is 9.23. The summed E-state index contributed by atoms with van der Waals surface area (Å²) in [4.78, 5) is 16.7. The third kappa shape index (κ3) is 3.50. The summed E-state index contributed by atoms with van der Waals surface area (Å²) in [5, 5.41) is 7.04. The van der Waals surface area contributed by atoms with Crippen LogP contribution < -0.4 is 10.1 Å². The molecule has 0 saturated heterocycles. The lowest BCUT2D eigenvalue weighted by Gasteiger charge is -2.10. The van der Waals surface area contributed by atoms with Gasteiger partial charge >= 0.3 is 0 Å². The molecule has 0 aliphatic carbocycles. The molecule has 128 valence electrons. The maximum absolute atomic E-state index is 13.2. The number of nitrogens with one attached hydrogen (secondary N) is 1. The molecule has 3 rings (SSSR count). The number of rotatable bonds is 4. The van der Waals surface area contributed by atoms with Crippen LogP contribution in [0.1, 0.15) is 21.7 Å². The Morgan fingerprint density at radius 3 is 2.60 bits per heavy atom. The first-order valence-corrected chi connectivity index (χ1v) is 7.62. The molecule has 0 aliphatic rings. The second-order valence-corrected chi connectivity index (χ2v) is 5.54. The van der Waals surface area contributed by atoms with Gasteiger partial charge in [-0.1, -0.05) is 0 Å². The molecule has 6 nitrogen and oxygen atoms in total. The molecule has 0 aliphatic heterocycles. The summed E-state index contributed by atoms with van der Waals surface area (Å²) in [5.74, 6) is 0.0742. The van der Waals surface area contributed by atoms with Crippen LogP contribution >= 0.6 is 0 Å². The number of amides is 1. The summed E-state index contributed by atoms with van der Waals surface area (Å²) in [6.45, 7) is 3.84. The van der Waals surface area contributed by atoms with Crippen LogP contribution in [0.3, 0.4) is 0 Å². The number of aryl methyl sites for hydroxylation is 2. The second-order valence-electron chi connectivity index (χ2n) is 5.54. The average Bonchev–Trinajstić information content (AvgIpc) is 2.94. The van der Waals surface area contributed by atoms with E-state index in [9.17, 15) is 9.18 Å². The van der Waals surface area contributed by atoms with Crippen LogP contribution in [0.2, 0.25) is 0 Å². The normalized spacial score (nSPS) is 10.6. The number of aromatic nitrogens is 3. The predicted molar refractivity (Wildman–Crippen MR) is 91.7 cm³/mol. The molecular weight excluding hydrogens is 323 g/mol. The number of anilines is 1. The molecule has 2 heterocycles. The highest BCUT2D eigenvalue weighted by Gasteiger charge is 2.12.